The van der Waals surface area contributed by atoms with Crippen molar-refractivity contribution in [2.24, 2.45) is 0 Å². The summed E-state index contributed by atoms with van der Waals surface area (Å²) >= 11 is 0. The Labute approximate surface area is 107 Å². The first-order chi connectivity index (χ1) is 9.00. The van der Waals surface area contributed by atoms with Crippen LogP contribution < -0.4 is 4.90 Å². The SMILES string of the molecule is CN(c1cccc(F)c1)c1nccc(C(=O)O)c1F. The van der Waals surface area contributed by atoms with Crippen LogP contribution >= 0.6 is 0 Å². The zero-order valence-corrected chi connectivity index (χ0v) is 9.97. The van der Waals surface area contributed by atoms with Crippen LogP contribution in [0.4, 0.5) is 20.3 Å². The van der Waals surface area contributed by atoms with E-state index in [1.165, 1.54) is 36.3 Å². The van der Waals surface area contributed by atoms with Gasteiger partial charge in [-0.25, -0.2) is 18.6 Å². The van der Waals surface area contributed by atoms with Crippen LogP contribution in [0.3, 0.4) is 0 Å². The minimum Gasteiger partial charge on any atom is -0.478 e. The first-order valence-corrected chi connectivity index (χ1v) is 5.38. The number of carboxylic acid groups (broad SMARTS) is 1. The molecule has 0 spiro atoms. The third kappa shape index (κ3) is 2.52. The Balaban J connectivity index is 2.47. The quantitative estimate of drug-likeness (QED) is 0.926. The number of carbonyl (C=O) groups is 1. The maximum Gasteiger partial charge on any atom is 0.338 e. The Morgan fingerprint density at radius 1 is 1.32 bits per heavy atom. The maximum absolute atomic E-state index is 14.0. The number of pyridine rings is 1. The van der Waals surface area contributed by atoms with Crippen LogP contribution in [0.2, 0.25) is 0 Å². The molecule has 1 heterocycles. The summed E-state index contributed by atoms with van der Waals surface area (Å²) in [4.78, 5) is 15.9. The molecule has 0 bridgehead atoms. The molecule has 0 amide bonds. The summed E-state index contributed by atoms with van der Waals surface area (Å²) in [6, 6.07) is 6.57. The second kappa shape index (κ2) is 5.01. The highest BCUT2D eigenvalue weighted by molar-refractivity contribution is 5.89. The molecule has 19 heavy (non-hydrogen) atoms. The zero-order valence-electron chi connectivity index (χ0n) is 9.97. The lowest BCUT2D eigenvalue weighted by atomic mass is 10.2. The fraction of sp³-hybridized carbons (Fsp3) is 0.0769. The second-order valence-electron chi connectivity index (χ2n) is 3.84. The van der Waals surface area contributed by atoms with Gasteiger partial charge in [-0.05, 0) is 24.3 Å². The van der Waals surface area contributed by atoms with Crippen molar-refractivity contribution in [3.05, 3.63) is 53.7 Å². The lowest BCUT2D eigenvalue weighted by molar-refractivity contribution is 0.0692. The highest BCUT2D eigenvalue weighted by atomic mass is 19.1. The second-order valence-corrected chi connectivity index (χ2v) is 3.84. The normalized spacial score (nSPS) is 10.3. The van der Waals surface area contributed by atoms with Crippen LogP contribution in [0.25, 0.3) is 0 Å². The van der Waals surface area contributed by atoms with Gasteiger partial charge in [-0.3, -0.25) is 0 Å². The molecule has 0 aliphatic carbocycles. The van der Waals surface area contributed by atoms with E-state index in [0.29, 0.717) is 5.69 Å². The van der Waals surface area contributed by atoms with Gasteiger partial charge in [0.25, 0.3) is 0 Å². The standard InChI is InChI=1S/C13H10F2N2O2/c1-17(9-4-2-3-8(14)7-9)12-11(15)10(13(18)19)5-6-16-12/h2-7H,1H3,(H,18,19). The van der Waals surface area contributed by atoms with Gasteiger partial charge in [0.1, 0.15) is 11.4 Å². The van der Waals surface area contributed by atoms with Crippen LogP contribution in [0.5, 0.6) is 0 Å². The molecule has 6 heteroatoms. The average molecular weight is 264 g/mol. The molecule has 0 saturated carbocycles. The van der Waals surface area contributed by atoms with E-state index in [2.05, 4.69) is 4.98 Å². The van der Waals surface area contributed by atoms with Crippen molar-refractivity contribution in [3.8, 4) is 0 Å². The molecule has 0 fully saturated rings. The monoisotopic (exact) mass is 264 g/mol. The van der Waals surface area contributed by atoms with Gasteiger partial charge in [0.2, 0.25) is 0 Å². The van der Waals surface area contributed by atoms with Gasteiger partial charge in [-0.2, -0.15) is 0 Å². The minimum absolute atomic E-state index is 0.175. The molecule has 0 saturated heterocycles. The van der Waals surface area contributed by atoms with Gasteiger partial charge in [0.05, 0.1) is 0 Å². The number of anilines is 2. The number of carboxylic acids is 1. The average Bonchev–Trinajstić information content (AvgIpc) is 2.38. The topological polar surface area (TPSA) is 53.4 Å². The smallest absolute Gasteiger partial charge is 0.338 e. The molecule has 0 radical (unpaired) electrons. The van der Waals surface area contributed by atoms with Gasteiger partial charge in [0, 0.05) is 18.9 Å². The molecule has 98 valence electrons. The van der Waals surface area contributed by atoms with E-state index in [-0.39, 0.29) is 5.82 Å². The Morgan fingerprint density at radius 3 is 2.68 bits per heavy atom. The van der Waals surface area contributed by atoms with Crippen molar-refractivity contribution >= 4 is 17.5 Å². The summed E-state index contributed by atoms with van der Waals surface area (Å²) in [5, 5.41) is 8.84. The van der Waals surface area contributed by atoms with Crippen LogP contribution in [-0.4, -0.2) is 23.1 Å². The minimum atomic E-state index is -1.38. The number of rotatable bonds is 3. The Bertz CT molecular complexity index is 632. The molecule has 0 unspecified atom stereocenters. The van der Waals surface area contributed by atoms with Crippen molar-refractivity contribution in [2.75, 3.05) is 11.9 Å². The fourth-order valence-electron chi connectivity index (χ4n) is 1.64. The summed E-state index contributed by atoms with van der Waals surface area (Å²) in [7, 11) is 1.48. The van der Waals surface area contributed by atoms with E-state index in [1.807, 2.05) is 0 Å². The number of hydrogen-bond acceptors (Lipinski definition) is 3. The van der Waals surface area contributed by atoms with Crippen LogP contribution in [0.15, 0.2) is 36.5 Å². The first kappa shape index (κ1) is 12.9. The zero-order chi connectivity index (χ0) is 14.0. The summed E-state index contributed by atoms with van der Waals surface area (Å²) in [6.07, 6.45) is 1.19. The van der Waals surface area contributed by atoms with Crippen LogP contribution in [0, 0.1) is 11.6 Å². The van der Waals surface area contributed by atoms with E-state index in [0.717, 1.165) is 6.07 Å². The van der Waals surface area contributed by atoms with E-state index < -0.39 is 23.2 Å². The van der Waals surface area contributed by atoms with E-state index >= 15 is 0 Å². The molecule has 2 rings (SSSR count). The third-order valence-corrected chi connectivity index (χ3v) is 2.61. The summed E-state index contributed by atoms with van der Waals surface area (Å²) in [5.41, 5.74) is -0.109. The number of aromatic carboxylic acids is 1. The number of benzene rings is 1. The largest absolute Gasteiger partial charge is 0.478 e. The number of aromatic nitrogens is 1. The molecule has 0 atom stereocenters. The van der Waals surface area contributed by atoms with Crippen LogP contribution in [-0.2, 0) is 0 Å². The molecule has 4 nitrogen and oxygen atoms in total. The van der Waals surface area contributed by atoms with E-state index in [9.17, 15) is 13.6 Å². The third-order valence-electron chi connectivity index (χ3n) is 2.61. The predicted molar refractivity (Wildman–Crippen MR) is 65.6 cm³/mol. The summed E-state index contributed by atoms with van der Waals surface area (Å²) in [6.45, 7) is 0. The summed E-state index contributed by atoms with van der Waals surface area (Å²) in [5.74, 6) is -2.99. The fourth-order valence-corrected chi connectivity index (χ4v) is 1.64. The predicted octanol–water partition coefficient (Wildman–Crippen LogP) is 2.83. The Morgan fingerprint density at radius 2 is 2.05 bits per heavy atom. The lowest BCUT2D eigenvalue weighted by Gasteiger charge is -2.19. The first-order valence-electron chi connectivity index (χ1n) is 5.38. The molecule has 0 aliphatic rings. The van der Waals surface area contributed by atoms with E-state index in [1.54, 1.807) is 6.07 Å². The molecule has 0 aliphatic heterocycles. The molecular formula is C13H10F2N2O2. The highest BCUT2D eigenvalue weighted by Crippen LogP contribution is 2.26. The van der Waals surface area contributed by atoms with Crippen molar-refractivity contribution in [1.29, 1.82) is 0 Å². The molecular weight excluding hydrogens is 254 g/mol. The summed E-state index contributed by atoms with van der Waals surface area (Å²) < 4.78 is 27.1. The Kier molecular flexibility index (Phi) is 3.41. The van der Waals surface area contributed by atoms with Gasteiger partial charge in [-0.15, -0.1) is 0 Å². The Hall–Kier alpha value is -2.50. The van der Waals surface area contributed by atoms with Gasteiger partial charge in [0.15, 0.2) is 11.6 Å². The number of nitrogens with zero attached hydrogens (tertiary/aromatic N) is 2. The molecule has 1 aromatic carbocycles. The van der Waals surface area contributed by atoms with Gasteiger partial charge < -0.3 is 10.0 Å². The van der Waals surface area contributed by atoms with Crippen molar-refractivity contribution < 1.29 is 18.7 Å². The highest BCUT2D eigenvalue weighted by Gasteiger charge is 2.18. The molecule has 1 N–H and O–H groups in total. The van der Waals surface area contributed by atoms with Gasteiger partial charge in [-0.1, -0.05) is 6.07 Å². The number of hydrogen-bond donors (Lipinski definition) is 1. The van der Waals surface area contributed by atoms with Crippen molar-refractivity contribution in [1.82, 2.24) is 4.98 Å². The molecule has 2 aromatic rings. The number of halogens is 2. The van der Waals surface area contributed by atoms with E-state index in [4.69, 9.17) is 5.11 Å². The van der Waals surface area contributed by atoms with Crippen molar-refractivity contribution in [2.45, 2.75) is 0 Å². The van der Waals surface area contributed by atoms with Crippen molar-refractivity contribution in [3.63, 3.8) is 0 Å². The molecule has 1 aromatic heterocycles. The maximum atomic E-state index is 14.0. The lowest BCUT2D eigenvalue weighted by Crippen LogP contribution is -2.15. The van der Waals surface area contributed by atoms with Crippen LogP contribution in [0.1, 0.15) is 10.4 Å². The van der Waals surface area contributed by atoms with Gasteiger partial charge >= 0.3 is 5.97 Å².